The van der Waals surface area contributed by atoms with Crippen LogP contribution < -0.4 is 0 Å². The van der Waals surface area contributed by atoms with E-state index < -0.39 is 0 Å². The van der Waals surface area contributed by atoms with E-state index in [0.29, 0.717) is 12.3 Å². The van der Waals surface area contributed by atoms with Crippen molar-refractivity contribution < 1.29 is 9.28 Å². The SMILES string of the molecule is CCCC(=O)C[N+](CC)(CC)Cc1ccccc1. The molecule has 0 saturated heterocycles. The molecule has 0 spiro atoms. The molecule has 0 amide bonds. The third-order valence-electron chi connectivity index (χ3n) is 3.74. The van der Waals surface area contributed by atoms with E-state index in [-0.39, 0.29) is 0 Å². The summed E-state index contributed by atoms with van der Waals surface area (Å²) in [5.41, 5.74) is 1.32. The Morgan fingerprint density at radius 1 is 1.06 bits per heavy atom. The fourth-order valence-corrected chi connectivity index (χ4v) is 2.43. The van der Waals surface area contributed by atoms with Gasteiger partial charge in [-0.3, -0.25) is 4.79 Å². The summed E-state index contributed by atoms with van der Waals surface area (Å²) in [5, 5.41) is 0. The van der Waals surface area contributed by atoms with Crippen molar-refractivity contribution in [1.82, 2.24) is 0 Å². The lowest BCUT2D eigenvalue weighted by atomic mass is 10.1. The molecular weight excluding hydrogens is 222 g/mol. The van der Waals surface area contributed by atoms with Crippen molar-refractivity contribution in [2.24, 2.45) is 0 Å². The van der Waals surface area contributed by atoms with Gasteiger partial charge >= 0.3 is 0 Å². The molecule has 0 bridgehead atoms. The highest BCUT2D eigenvalue weighted by molar-refractivity contribution is 5.79. The summed E-state index contributed by atoms with van der Waals surface area (Å²) >= 11 is 0. The van der Waals surface area contributed by atoms with Gasteiger partial charge in [0.05, 0.1) is 13.1 Å². The molecule has 0 fully saturated rings. The molecule has 18 heavy (non-hydrogen) atoms. The molecule has 0 radical (unpaired) electrons. The van der Waals surface area contributed by atoms with Gasteiger partial charge in [-0.05, 0) is 20.3 Å². The van der Waals surface area contributed by atoms with Gasteiger partial charge in [0.1, 0.15) is 13.1 Å². The zero-order chi connectivity index (χ0) is 13.4. The standard InChI is InChI=1S/C16H26NO/c1-4-10-16(18)14-17(5-2,6-3)13-15-11-8-7-9-12-15/h7-9,11-12H,4-6,10,13-14H2,1-3H3/q+1. The van der Waals surface area contributed by atoms with Crippen LogP contribution in [-0.4, -0.2) is 29.9 Å². The van der Waals surface area contributed by atoms with Crippen LogP contribution in [0, 0.1) is 0 Å². The van der Waals surface area contributed by atoms with Crippen LogP contribution in [0.4, 0.5) is 0 Å². The lowest BCUT2D eigenvalue weighted by molar-refractivity contribution is -0.930. The third-order valence-corrected chi connectivity index (χ3v) is 3.74. The molecule has 0 aliphatic carbocycles. The van der Waals surface area contributed by atoms with Crippen molar-refractivity contribution in [1.29, 1.82) is 0 Å². The Labute approximate surface area is 111 Å². The van der Waals surface area contributed by atoms with Crippen LogP contribution in [0.2, 0.25) is 0 Å². The molecule has 0 aromatic heterocycles. The predicted octanol–water partition coefficient (Wildman–Crippen LogP) is 3.41. The van der Waals surface area contributed by atoms with Crippen molar-refractivity contribution in [3.63, 3.8) is 0 Å². The molecule has 0 heterocycles. The lowest BCUT2D eigenvalue weighted by Gasteiger charge is -2.36. The maximum atomic E-state index is 12.0. The second-order valence-corrected chi connectivity index (χ2v) is 5.06. The number of hydrogen-bond donors (Lipinski definition) is 0. The lowest BCUT2D eigenvalue weighted by Crippen LogP contribution is -2.50. The molecule has 1 rings (SSSR count). The van der Waals surface area contributed by atoms with Crippen molar-refractivity contribution in [2.45, 2.75) is 40.2 Å². The number of hydrogen-bond acceptors (Lipinski definition) is 1. The number of ketones is 1. The van der Waals surface area contributed by atoms with E-state index in [1.807, 2.05) is 6.07 Å². The minimum Gasteiger partial charge on any atom is -0.314 e. The van der Waals surface area contributed by atoms with Crippen LogP contribution in [0.25, 0.3) is 0 Å². The zero-order valence-corrected chi connectivity index (χ0v) is 12.0. The molecular formula is C16H26NO+. The van der Waals surface area contributed by atoms with Crippen molar-refractivity contribution >= 4 is 5.78 Å². The molecule has 0 atom stereocenters. The zero-order valence-electron chi connectivity index (χ0n) is 12.0. The average molecular weight is 248 g/mol. The molecule has 0 aliphatic heterocycles. The summed E-state index contributed by atoms with van der Waals surface area (Å²) in [7, 11) is 0. The highest BCUT2D eigenvalue weighted by Gasteiger charge is 2.26. The van der Waals surface area contributed by atoms with Gasteiger partial charge < -0.3 is 4.48 Å². The van der Waals surface area contributed by atoms with Gasteiger partial charge in [0.25, 0.3) is 0 Å². The predicted molar refractivity (Wildman–Crippen MR) is 76.3 cm³/mol. The highest BCUT2D eigenvalue weighted by atomic mass is 16.1. The normalized spacial score (nSPS) is 11.5. The van der Waals surface area contributed by atoms with Crippen molar-refractivity contribution in [2.75, 3.05) is 19.6 Å². The Bertz CT molecular complexity index is 355. The number of carbonyl (C=O) groups is 1. The molecule has 1 aromatic rings. The summed E-state index contributed by atoms with van der Waals surface area (Å²) in [6.45, 7) is 10.1. The van der Waals surface area contributed by atoms with E-state index in [0.717, 1.165) is 37.0 Å². The second-order valence-electron chi connectivity index (χ2n) is 5.06. The van der Waals surface area contributed by atoms with Gasteiger partial charge in [0, 0.05) is 12.0 Å². The van der Waals surface area contributed by atoms with Crippen LogP contribution in [0.15, 0.2) is 30.3 Å². The summed E-state index contributed by atoms with van der Waals surface area (Å²) in [6.07, 6.45) is 1.67. The monoisotopic (exact) mass is 248 g/mol. The number of benzene rings is 1. The fraction of sp³-hybridized carbons (Fsp3) is 0.562. The minimum atomic E-state index is 0.400. The van der Waals surface area contributed by atoms with E-state index in [9.17, 15) is 4.79 Å². The first-order chi connectivity index (χ1) is 8.65. The van der Waals surface area contributed by atoms with E-state index >= 15 is 0 Å². The fourth-order valence-electron chi connectivity index (χ4n) is 2.43. The van der Waals surface area contributed by atoms with E-state index in [4.69, 9.17) is 0 Å². The Morgan fingerprint density at radius 2 is 1.67 bits per heavy atom. The molecule has 0 N–H and O–H groups in total. The Morgan fingerprint density at radius 3 is 2.17 bits per heavy atom. The number of likely N-dealkylation sites (N-methyl/N-ethyl adjacent to an activating group) is 1. The summed E-state index contributed by atoms with van der Waals surface area (Å²) in [6, 6.07) is 10.5. The van der Waals surface area contributed by atoms with Gasteiger partial charge in [-0.15, -0.1) is 0 Å². The summed E-state index contributed by atoms with van der Waals surface area (Å²) in [4.78, 5) is 12.0. The molecule has 0 saturated carbocycles. The first-order valence-electron chi connectivity index (χ1n) is 7.06. The van der Waals surface area contributed by atoms with Crippen LogP contribution in [-0.2, 0) is 11.3 Å². The van der Waals surface area contributed by atoms with Crippen molar-refractivity contribution in [3.05, 3.63) is 35.9 Å². The Balaban J connectivity index is 2.76. The first kappa shape index (κ1) is 14.9. The number of quaternary nitrogens is 1. The summed E-state index contributed by atoms with van der Waals surface area (Å²) < 4.78 is 0.878. The molecule has 1 aromatic carbocycles. The number of Topliss-reactive ketones (excluding diaryl/α,β-unsaturated/α-hetero) is 1. The highest BCUT2D eigenvalue weighted by Crippen LogP contribution is 2.15. The largest absolute Gasteiger partial charge is 0.314 e. The second kappa shape index (κ2) is 7.32. The minimum absolute atomic E-state index is 0.400. The maximum absolute atomic E-state index is 12.0. The van der Waals surface area contributed by atoms with Gasteiger partial charge in [-0.2, -0.15) is 0 Å². The summed E-state index contributed by atoms with van der Waals surface area (Å²) in [5.74, 6) is 0.400. The van der Waals surface area contributed by atoms with Crippen LogP contribution in [0.5, 0.6) is 0 Å². The Hall–Kier alpha value is -1.15. The smallest absolute Gasteiger partial charge is 0.186 e. The molecule has 2 nitrogen and oxygen atoms in total. The number of rotatable bonds is 8. The van der Waals surface area contributed by atoms with Gasteiger partial charge in [-0.25, -0.2) is 0 Å². The molecule has 0 unspecified atom stereocenters. The van der Waals surface area contributed by atoms with Crippen LogP contribution in [0.3, 0.4) is 0 Å². The van der Waals surface area contributed by atoms with E-state index in [2.05, 4.69) is 45.0 Å². The topological polar surface area (TPSA) is 17.1 Å². The Kier molecular flexibility index (Phi) is 6.06. The van der Waals surface area contributed by atoms with Gasteiger partial charge in [-0.1, -0.05) is 37.3 Å². The van der Waals surface area contributed by atoms with Gasteiger partial charge in [0.15, 0.2) is 5.78 Å². The van der Waals surface area contributed by atoms with Gasteiger partial charge in [0.2, 0.25) is 0 Å². The molecule has 0 aliphatic rings. The quantitative estimate of drug-likeness (QED) is 0.644. The molecule has 2 heteroatoms. The third kappa shape index (κ3) is 4.26. The van der Waals surface area contributed by atoms with Crippen LogP contribution >= 0.6 is 0 Å². The first-order valence-corrected chi connectivity index (χ1v) is 7.06. The molecule has 100 valence electrons. The van der Waals surface area contributed by atoms with E-state index in [1.165, 1.54) is 5.56 Å². The van der Waals surface area contributed by atoms with E-state index in [1.54, 1.807) is 0 Å². The number of nitrogens with zero attached hydrogens (tertiary/aromatic N) is 1. The van der Waals surface area contributed by atoms with Crippen LogP contribution in [0.1, 0.15) is 39.2 Å². The van der Waals surface area contributed by atoms with Crippen molar-refractivity contribution in [3.8, 4) is 0 Å². The number of carbonyl (C=O) groups excluding carboxylic acids is 1. The average Bonchev–Trinajstić information content (AvgIpc) is 2.39. The maximum Gasteiger partial charge on any atom is 0.186 e.